The van der Waals surface area contributed by atoms with Crippen molar-refractivity contribution in [2.24, 2.45) is 11.7 Å². The third kappa shape index (κ3) is 5.83. The van der Waals surface area contributed by atoms with Crippen LogP contribution in [0, 0.1) is 5.92 Å². The average Bonchev–Trinajstić information content (AvgIpc) is 3.19. The Morgan fingerprint density at radius 2 is 1.94 bits per heavy atom. The van der Waals surface area contributed by atoms with Gasteiger partial charge in [-0.15, -0.1) is 24.8 Å². The van der Waals surface area contributed by atoms with Crippen molar-refractivity contribution in [2.75, 3.05) is 26.4 Å². The number of nitrogens with one attached hydrogen (secondary N) is 1. The summed E-state index contributed by atoms with van der Waals surface area (Å²) in [6, 6.07) is 13.5. The first-order chi connectivity index (χ1) is 14.3. The molecule has 1 aliphatic heterocycles. The van der Waals surface area contributed by atoms with Crippen LogP contribution in [0.1, 0.15) is 16.1 Å². The fourth-order valence-electron chi connectivity index (χ4n) is 3.66. The molecule has 0 unspecified atom stereocenters. The zero-order valence-corrected chi connectivity index (χ0v) is 18.5. The van der Waals surface area contributed by atoms with E-state index in [1.807, 2.05) is 30.5 Å². The van der Waals surface area contributed by atoms with Crippen LogP contribution in [0.15, 0.2) is 54.9 Å². The van der Waals surface area contributed by atoms with Crippen LogP contribution < -0.4 is 15.8 Å². The fraction of sp³-hybridized carbons (Fsp3) is 0.318. The predicted octanol–water partition coefficient (Wildman–Crippen LogP) is 2.80. The molecule has 1 aromatic carbocycles. The number of nitrogens with two attached hydrogens (primary N) is 1. The Labute approximate surface area is 193 Å². The van der Waals surface area contributed by atoms with Crippen molar-refractivity contribution in [3.05, 3.63) is 66.1 Å². The Kier molecular flexibility index (Phi) is 9.45. The monoisotopic (exact) mass is 464 g/mol. The minimum atomic E-state index is -0.266. The Hall–Kier alpha value is -2.45. The van der Waals surface area contributed by atoms with Gasteiger partial charge in [-0.1, -0.05) is 18.2 Å². The normalized spacial score (nSPS) is 17.5. The van der Waals surface area contributed by atoms with Gasteiger partial charge in [-0.2, -0.15) is 0 Å². The van der Waals surface area contributed by atoms with Crippen LogP contribution in [0.4, 0.5) is 0 Å². The van der Waals surface area contributed by atoms with E-state index < -0.39 is 0 Å². The highest BCUT2D eigenvalue weighted by molar-refractivity contribution is 5.95. The summed E-state index contributed by atoms with van der Waals surface area (Å²) in [5.74, 6) is 0.339. The van der Waals surface area contributed by atoms with Gasteiger partial charge in [-0.3, -0.25) is 9.78 Å². The predicted molar refractivity (Wildman–Crippen MR) is 124 cm³/mol. The number of amides is 1. The van der Waals surface area contributed by atoms with Crippen LogP contribution in [-0.4, -0.2) is 48.3 Å². The number of nitrogens with zero attached hydrogens (tertiary/aromatic N) is 2. The van der Waals surface area contributed by atoms with Crippen molar-refractivity contribution in [3.63, 3.8) is 0 Å². The molecular formula is C22H26Cl2N4O3. The summed E-state index contributed by atoms with van der Waals surface area (Å²) in [7, 11) is 0. The van der Waals surface area contributed by atoms with Gasteiger partial charge in [0.15, 0.2) is 11.4 Å². The molecule has 1 saturated heterocycles. The van der Waals surface area contributed by atoms with Crippen molar-refractivity contribution in [2.45, 2.75) is 12.5 Å². The van der Waals surface area contributed by atoms with Gasteiger partial charge in [0.05, 0.1) is 24.8 Å². The maximum absolute atomic E-state index is 12.8. The van der Waals surface area contributed by atoms with Gasteiger partial charge in [-0.05, 0) is 36.2 Å². The molecule has 1 aliphatic rings. The van der Waals surface area contributed by atoms with Gasteiger partial charge in [-0.25, -0.2) is 4.98 Å². The summed E-state index contributed by atoms with van der Waals surface area (Å²) in [5, 5.41) is 4.21. The molecule has 31 heavy (non-hydrogen) atoms. The lowest BCUT2D eigenvalue weighted by atomic mass is 9.93. The second-order valence-corrected chi connectivity index (χ2v) is 7.06. The summed E-state index contributed by atoms with van der Waals surface area (Å²) < 4.78 is 11.2. The molecule has 4 rings (SSSR count). The number of ether oxygens (including phenoxy) is 2. The Morgan fingerprint density at radius 3 is 2.77 bits per heavy atom. The molecule has 7 nitrogen and oxygen atoms in total. The first kappa shape index (κ1) is 24.8. The molecule has 0 radical (unpaired) electrons. The molecule has 3 N–H and O–H groups in total. The third-order valence-electron chi connectivity index (χ3n) is 5.10. The lowest BCUT2D eigenvalue weighted by Crippen LogP contribution is -2.41. The first-order valence-corrected chi connectivity index (χ1v) is 9.75. The maximum Gasteiger partial charge on any atom is 0.274 e. The molecule has 9 heteroatoms. The largest absolute Gasteiger partial charge is 0.490 e. The summed E-state index contributed by atoms with van der Waals surface area (Å²) >= 11 is 0. The van der Waals surface area contributed by atoms with E-state index in [1.54, 1.807) is 18.3 Å². The summed E-state index contributed by atoms with van der Waals surface area (Å²) in [4.78, 5) is 21.5. The van der Waals surface area contributed by atoms with Crippen LogP contribution in [0.5, 0.6) is 5.75 Å². The van der Waals surface area contributed by atoms with Gasteiger partial charge in [0, 0.05) is 30.2 Å². The quantitative estimate of drug-likeness (QED) is 0.557. The molecular weight excluding hydrogens is 439 g/mol. The van der Waals surface area contributed by atoms with Crippen molar-refractivity contribution in [3.8, 4) is 5.75 Å². The number of hydrogen-bond acceptors (Lipinski definition) is 6. The lowest BCUT2D eigenvalue weighted by molar-refractivity contribution is 0.0915. The Bertz CT molecular complexity index is 1000. The molecule has 2 atom stereocenters. The standard InChI is InChI=1S/C22H24N4O3.2ClH/c23-8-11-29-20-6-3-9-25-21(20)22(27)26-19-14-28-13-16(19)12-15-7-10-24-18-5-2-1-4-17(15)18;;/h1-7,9-10,16,19H,8,11-14,23H2,(H,26,27);2*1H/t16-,19-;;/m1../s1. The SMILES string of the molecule is Cl.Cl.NCCOc1cccnc1C(=O)N[C@@H]1COC[C@H]1Cc1ccnc2ccccc12. The molecule has 3 heterocycles. The molecule has 3 aromatic rings. The number of aromatic nitrogens is 2. The zero-order valence-electron chi connectivity index (χ0n) is 16.9. The molecule has 0 saturated carbocycles. The number of hydrogen-bond donors (Lipinski definition) is 2. The third-order valence-corrected chi connectivity index (χ3v) is 5.10. The number of carbonyl (C=O) groups is 1. The van der Waals surface area contributed by atoms with Gasteiger partial charge in [0.25, 0.3) is 5.91 Å². The van der Waals surface area contributed by atoms with E-state index in [1.165, 1.54) is 5.56 Å². The van der Waals surface area contributed by atoms with Crippen molar-refractivity contribution in [1.82, 2.24) is 15.3 Å². The second-order valence-electron chi connectivity index (χ2n) is 7.06. The summed E-state index contributed by atoms with van der Waals surface area (Å²) in [6.07, 6.45) is 4.21. The van der Waals surface area contributed by atoms with Gasteiger partial charge >= 0.3 is 0 Å². The highest BCUT2D eigenvalue weighted by atomic mass is 35.5. The van der Waals surface area contributed by atoms with E-state index in [4.69, 9.17) is 15.2 Å². The van der Waals surface area contributed by atoms with E-state index in [0.717, 1.165) is 17.3 Å². The highest BCUT2D eigenvalue weighted by Crippen LogP contribution is 2.25. The smallest absolute Gasteiger partial charge is 0.274 e. The van der Waals surface area contributed by atoms with Crippen LogP contribution in [0.25, 0.3) is 10.9 Å². The molecule has 166 valence electrons. The molecule has 0 aliphatic carbocycles. The maximum atomic E-state index is 12.8. The molecule has 2 aromatic heterocycles. The average molecular weight is 465 g/mol. The number of rotatable bonds is 7. The van der Waals surface area contributed by atoms with Gasteiger partial charge in [0.1, 0.15) is 6.61 Å². The van der Waals surface area contributed by atoms with Gasteiger partial charge < -0.3 is 20.5 Å². The number of halogens is 2. The fourth-order valence-corrected chi connectivity index (χ4v) is 3.66. The van der Waals surface area contributed by atoms with E-state index in [0.29, 0.717) is 32.1 Å². The van der Waals surface area contributed by atoms with Gasteiger partial charge in [0.2, 0.25) is 0 Å². The highest BCUT2D eigenvalue weighted by Gasteiger charge is 2.31. The molecule has 1 amide bonds. The zero-order chi connectivity index (χ0) is 20.1. The van der Waals surface area contributed by atoms with Crippen molar-refractivity contribution in [1.29, 1.82) is 0 Å². The van der Waals surface area contributed by atoms with E-state index in [2.05, 4.69) is 21.4 Å². The molecule has 1 fully saturated rings. The van der Waals surface area contributed by atoms with Crippen molar-refractivity contribution < 1.29 is 14.3 Å². The minimum Gasteiger partial charge on any atom is -0.490 e. The lowest BCUT2D eigenvalue weighted by Gasteiger charge is -2.20. The molecule has 0 bridgehead atoms. The Morgan fingerprint density at radius 1 is 1.10 bits per heavy atom. The van der Waals surface area contributed by atoms with E-state index in [9.17, 15) is 4.79 Å². The number of fused-ring (bicyclic) bond motifs is 1. The van der Waals surface area contributed by atoms with E-state index >= 15 is 0 Å². The number of benzene rings is 1. The number of para-hydroxylation sites is 1. The Balaban J connectivity index is 0.00000171. The minimum absolute atomic E-state index is 0. The van der Waals surface area contributed by atoms with Crippen molar-refractivity contribution >= 4 is 41.6 Å². The second kappa shape index (κ2) is 11.8. The first-order valence-electron chi connectivity index (χ1n) is 9.75. The van der Waals surface area contributed by atoms with Crippen LogP contribution >= 0.6 is 24.8 Å². The summed E-state index contributed by atoms with van der Waals surface area (Å²) in [6.45, 7) is 1.77. The topological polar surface area (TPSA) is 99.4 Å². The number of carbonyl (C=O) groups excluding carboxylic acids is 1. The van der Waals surface area contributed by atoms with Crippen LogP contribution in [0.3, 0.4) is 0 Å². The van der Waals surface area contributed by atoms with Crippen LogP contribution in [0.2, 0.25) is 0 Å². The number of pyridine rings is 2. The summed E-state index contributed by atoms with van der Waals surface area (Å²) in [5.41, 5.74) is 7.94. The van der Waals surface area contributed by atoms with E-state index in [-0.39, 0.29) is 48.4 Å². The van der Waals surface area contributed by atoms with Crippen LogP contribution in [-0.2, 0) is 11.2 Å². The molecule has 0 spiro atoms.